The predicted molar refractivity (Wildman–Crippen MR) is 73.2 cm³/mol. The predicted octanol–water partition coefficient (Wildman–Crippen LogP) is 3.65. The van der Waals surface area contributed by atoms with Gasteiger partial charge in [-0.15, -0.1) is 0 Å². The number of Topliss-reactive ketones (excluding diaryl/α,β-unsaturated/α-hetero) is 1. The first-order chi connectivity index (χ1) is 8.10. The Morgan fingerprint density at radius 3 is 2.12 bits per heavy atom. The Morgan fingerprint density at radius 1 is 1.18 bits per heavy atom. The lowest BCUT2D eigenvalue weighted by molar-refractivity contribution is -0.132. The van der Waals surface area contributed by atoms with Crippen molar-refractivity contribution in [1.82, 2.24) is 4.90 Å². The van der Waals surface area contributed by atoms with Gasteiger partial charge >= 0.3 is 0 Å². The van der Waals surface area contributed by atoms with Crippen LogP contribution in [0.1, 0.15) is 66.2 Å². The number of hydrogen-bond acceptors (Lipinski definition) is 2. The highest BCUT2D eigenvalue weighted by molar-refractivity contribution is 5.89. The third-order valence-corrected chi connectivity index (χ3v) is 4.55. The van der Waals surface area contributed by atoms with E-state index in [1.165, 1.54) is 12.8 Å². The lowest BCUT2D eigenvalue weighted by Gasteiger charge is -2.39. The van der Waals surface area contributed by atoms with Crippen LogP contribution < -0.4 is 0 Å². The summed E-state index contributed by atoms with van der Waals surface area (Å²) in [5.74, 6) is 1.04. The summed E-state index contributed by atoms with van der Waals surface area (Å²) in [6.07, 6.45) is 6.51. The lowest BCUT2D eigenvalue weighted by atomic mass is 9.84. The van der Waals surface area contributed by atoms with Crippen LogP contribution in [0.5, 0.6) is 0 Å². The topological polar surface area (TPSA) is 20.3 Å². The van der Waals surface area contributed by atoms with Gasteiger partial charge in [-0.1, -0.05) is 47.0 Å². The monoisotopic (exact) mass is 239 g/mol. The van der Waals surface area contributed by atoms with Gasteiger partial charge in [0, 0.05) is 6.42 Å². The van der Waals surface area contributed by atoms with Gasteiger partial charge < -0.3 is 0 Å². The molecule has 1 aliphatic carbocycles. The van der Waals surface area contributed by atoms with Gasteiger partial charge in [-0.3, -0.25) is 9.69 Å². The molecular weight excluding hydrogens is 210 g/mol. The largest absolute Gasteiger partial charge is 0.298 e. The van der Waals surface area contributed by atoms with Crippen molar-refractivity contribution in [2.24, 2.45) is 5.92 Å². The van der Waals surface area contributed by atoms with Crippen molar-refractivity contribution in [2.75, 3.05) is 13.1 Å². The number of likely N-dealkylation sites (N-methyl/N-ethyl adjacent to an activating group) is 1. The molecule has 0 N–H and O–H groups in total. The van der Waals surface area contributed by atoms with E-state index in [0.29, 0.717) is 11.7 Å². The molecule has 1 unspecified atom stereocenters. The second-order valence-corrected chi connectivity index (χ2v) is 5.55. The van der Waals surface area contributed by atoms with Gasteiger partial charge in [-0.05, 0) is 31.8 Å². The molecule has 1 fully saturated rings. The van der Waals surface area contributed by atoms with Gasteiger partial charge in [0.15, 0.2) is 5.78 Å². The third kappa shape index (κ3) is 3.09. The van der Waals surface area contributed by atoms with E-state index in [0.717, 1.165) is 38.8 Å². The third-order valence-electron chi connectivity index (χ3n) is 4.55. The molecule has 0 radical (unpaired) electrons. The molecule has 100 valence electrons. The van der Waals surface area contributed by atoms with Crippen LogP contribution in [0, 0.1) is 5.92 Å². The fourth-order valence-electron chi connectivity index (χ4n) is 3.21. The van der Waals surface area contributed by atoms with E-state index in [9.17, 15) is 4.79 Å². The van der Waals surface area contributed by atoms with Crippen molar-refractivity contribution < 1.29 is 4.79 Å². The number of ketones is 1. The molecule has 0 aromatic rings. The SMILES string of the molecule is CCC(C)CC(=O)C1(N(CC)CC)CCCC1. The first kappa shape index (κ1) is 14.7. The second-order valence-electron chi connectivity index (χ2n) is 5.55. The summed E-state index contributed by atoms with van der Waals surface area (Å²) in [6.45, 7) is 10.7. The molecule has 1 rings (SSSR count). The summed E-state index contributed by atoms with van der Waals surface area (Å²) < 4.78 is 0. The average molecular weight is 239 g/mol. The number of rotatable bonds is 7. The Labute approximate surface area is 107 Å². The van der Waals surface area contributed by atoms with E-state index in [-0.39, 0.29) is 5.54 Å². The molecular formula is C15H29NO. The van der Waals surface area contributed by atoms with E-state index in [2.05, 4.69) is 32.6 Å². The Hall–Kier alpha value is -0.370. The van der Waals surface area contributed by atoms with Crippen molar-refractivity contribution in [2.45, 2.75) is 71.8 Å². The number of carbonyl (C=O) groups excluding carboxylic acids is 1. The summed E-state index contributed by atoms with van der Waals surface area (Å²) in [5.41, 5.74) is -0.104. The maximum Gasteiger partial charge on any atom is 0.153 e. The summed E-state index contributed by atoms with van der Waals surface area (Å²) in [7, 11) is 0. The van der Waals surface area contributed by atoms with Crippen molar-refractivity contribution in [3.8, 4) is 0 Å². The highest BCUT2D eigenvalue weighted by Crippen LogP contribution is 2.37. The van der Waals surface area contributed by atoms with Crippen molar-refractivity contribution in [3.63, 3.8) is 0 Å². The van der Waals surface area contributed by atoms with Crippen LogP contribution in [-0.4, -0.2) is 29.3 Å². The molecule has 1 saturated carbocycles. The number of hydrogen-bond donors (Lipinski definition) is 0. The van der Waals surface area contributed by atoms with Crippen LogP contribution in [0.15, 0.2) is 0 Å². The molecule has 0 aromatic heterocycles. The number of nitrogens with zero attached hydrogens (tertiary/aromatic N) is 1. The Kier molecular flexibility index (Phi) is 5.64. The minimum Gasteiger partial charge on any atom is -0.298 e. The van der Waals surface area contributed by atoms with E-state index >= 15 is 0 Å². The first-order valence-electron chi connectivity index (χ1n) is 7.39. The fourth-order valence-corrected chi connectivity index (χ4v) is 3.21. The first-order valence-corrected chi connectivity index (χ1v) is 7.39. The van der Waals surface area contributed by atoms with E-state index < -0.39 is 0 Å². The quantitative estimate of drug-likeness (QED) is 0.676. The molecule has 0 spiro atoms. The highest BCUT2D eigenvalue weighted by atomic mass is 16.1. The summed E-state index contributed by atoms with van der Waals surface area (Å²) in [4.78, 5) is 15.1. The molecule has 0 aliphatic heterocycles. The second kappa shape index (κ2) is 6.53. The summed E-state index contributed by atoms with van der Waals surface area (Å²) in [5, 5.41) is 0. The average Bonchev–Trinajstić information content (AvgIpc) is 2.81. The highest BCUT2D eigenvalue weighted by Gasteiger charge is 2.44. The van der Waals surface area contributed by atoms with Crippen LogP contribution in [0.4, 0.5) is 0 Å². The Bertz CT molecular complexity index is 239. The fraction of sp³-hybridized carbons (Fsp3) is 0.933. The summed E-state index contributed by atoms with van der Waals surface area (Å²) in [6, 6.07) is 0. The molecule has 17 heavy (non-hydrogen) atoms. The van der Waals surface area contributed by atoms with Crippen molar-refractivity contribution in [3.05, 3.63) is 0 Å². The standard InChI is InChI=1S/C15H29NO/c1-5-13(4)12-14(17)15(10-8-9-11-15)16(6-2)7-3/h13H,5-12H2,1-4H3. The molecule has 0 amide bonds. The smallest absolute Gasteiger partial charge is 0.153 e. The Morgan fingerprint density at radius 2 is 1.71 bits per heavy atom. The molecule has 2 heteroatoms. The Balaban J connectivity index is 2.80. The zero-order valence-electron chi connectivity index (χ0n) is 12.1. The molecule has 1 aliphatic rings. The van der Waals surface area contributed by atoms with Crippen LogP contribution >= 0.6 is 0 Å². The number of carbonyl (C=O) groups is 1. The van der Waals surface area contributed by atoms with Gasteiger partial charge in [0.2, 0.25) is 0 Å². The minimum absolute atomic E-state index is 0.104. The lowest BCUT2D eigenvalue weighted by Crippen LogP contribution is -2.53. The van der Waals surface area contributed by atoms with E-state index in [1.54, 1.807) is 0 Å². The van der Waals surface area contributed by atoms with E-state index in [1.807, 2.05) is 0 Å². The maximum atomic E-state index is 12.7. The summed E-state index contributed by atoms with van der Waals surface area (Å²) >= 11 is 0. The minimum atomic E-state index is -0.104. The van der Waals surface area contributed by atoms with Crippen LogP contribution in [0.2, 0.25) is 0 Å². The normalized spacial score (nSPS) is 20.8. The van der Waals surface area contributed by atoms with Crippen molar-refractivity contribution in [1.29, 1.82) is 0 Å². The van der Waals surface area contributed by atoms with Crippen LogP contribution in [0.3, 0.4) is 0 Å². The van der Waals surface area contributed by atoms with Gasteiger partial charge in [0.25, 0.3) is 0 Å². The van der Waals surface area contributed by atoms with Crippen LogP contribution in [0.25, 0.3) is 0 Å². The van der Waals surface area contributed by atoms with Gasteiger partial charge in [0.1, 0.15) is 0 Å². The molecule has 1 atom stereocenters. The molecule has 0 aromatic carbocycles. The van der Waals surface area contributed by atoms with Crippen molar-refractivity contribution >= 4 is 5.78 Å². The van der Waals surface area contributed by atoms with Gasteiger partial charge in [0.05, 0.1) is 5.54 Å². The zero-order chi connectivity index (χ0) is 12.9. The molecule has 2 nitrogen and oxygen atoms in total. The molecule has 0 heterocycles. The van der Waals surface area contributed by atoms with Gasteiger partial charge in [-0.25, -0.2) is 0 Å². The molecule has 0 bridgehead atoms. The molecule has 0 saturated heterocycles. The van der Waals surface area contributed by atoms with Gasteiger partial charge in [-0.2, -0.15) is 0 Å². The van der Waals surface area contributed by atoms with E-state index in [4.69, 9.17) is 0 Å². The zero-order valence-corrected chi connectivity index (χ0v) is 12.1. The maximum absolute atomic E-state index is 12.7. The van der Waals surface area contributed by atoms with Crippen LogP contribution in [-0.2, 0) is 4.79 Å².